The summed E-state index contributed by atoms with van der Waals surface area (Å²) in [6, 6.07) is 17.8. The first kappa shape index (κ1) is 13.8. The Labute approximate surface area is 138 Å². The molecule has 2 aromatic carbocycles. The molecule has 0 saturated heterocycles. The van der Waals surface area contributed by atoms with E-state index in [9.17, 15) is 0 Å². The van der Waals surface area contributed by atoms with Gasteiger partial charge in [0.2, 0.25) is 4.77 Å². The highest BCUT2D eigenvalue weighted by molar-refractivity contribution is 7.71. The third-order valence-electron chi connectivity index (χ3n) is 3.76. The first-order valence-corrected chi connectivity index (χ1v) is 7.59. The molecule has 4 nitrogen and oxygen atoms in total. The second kappa shape index (κ2) is 5.44. The van der Waals surface area contributed by atoms with Crippen molar-refractivity contribution in [2.45, 2.75) is 0 Å². The highest BCUT2D eigenvalue weighted by Gasteiger charge is 2.08. The monoisotopic (exact) mass is 319 g/mol. The van der Waals surface area contributed by atoms with Crippen LogP contribution in [0.2, 0.25) is 0 Å². The largest absolute Gasteiger partial charge is 0.497 e. The maximum Gasteiger partial charge on any atom is 0.205 e. The minimum atomic E-state index is 0.490. The summed E-state index contributed by atoms with van der Waals surface area (Å²) in [5.74, 6) is 0.808. The molecule has 112 valence electrons. The number of methoxy groups -OCH3 is 1. The summed E-state index contributed by atoms with van der Waals surface area (Å²) in [6.45, 7) is 0. The molecule has 0 atom stereocenters. The van der Waals surface area contributed by atoms with E-state index in [4.69, 9.17) is 21.9 Å². The number of ether oxygens (including phenoxy) is 1. The molecule has 0 radical (unpaired) electrons. The van der Waals surface area contributed by atoms with Crippen molar-refractivity contribution < 1.29 is 4.74 Å². The van der Waals surface area contributed by atoms with Crippen molar-refractivity contribution in [3.63, 3.8) is 0 Å². The number of hydrogen-bond acceptors (Lipinski definition) is 4. The van der Waals surface area contributed by atoms with E-state index >= 15 is 0 Å². The van der Waals surface area contributed by atoms with Gasteiger partial charge in [0.25, 0.3) is 0 Å². The van der Waals surface area contributed by atoms with Gasteiger partial charge >= 0.3 is 0 Å². The second-order valence-electron chi connectivity index (χ2n) is 5.17. The Morgan fingerprint density at radius 1 is 1.00 bits per heavy atom. The maximum atomic E-state index is 5.42. The van der Waals surface area contributed by atoms with Crippen LogP contribution in [0, 0.1) is 4.77 Å². The van der Waals surface area contributed by atoms with Gasteiger partial charge in [-0.3, -0.25) is 4.57 Å². The van der Waals surface area contributed by atoms with Crippen LogP contribution in [-0.4, -0.2) is 21.6 Å². The predicted molar refractivity (Wildman–Crippen MR) is 93.8 cm³/mol. The van der Waals surface area contributed by atoms with Crippen molar-refractivity contribution in [1.82, 2.24) is 14.5 Å². The lowest BCUT2D eigenvalue weighted by atomic mass is 10.2. The molecule has 0 amide bonds. The van der Waals surface area contributed by atoms with E-state index in [1.807, 2.05) is 53.1 Å². The zero-order valence-corrected chi connectivity index (χ0v) is 13.2. The van der Waals surface area contributed by atoms with Crippen molar-refractivity contribution in [1.29, 1.82) is 0 Å². The van der Waals surface area contributed by atoms with Gasteiger partial charge in [-0.2, -0.15) is 0 Å². The Hall–Kier alpha value is -2.79. The number of pyridine rings is 1. The molecule has 5 heteroatoms. The fourth-order valence-corrected chi connectivity index (χ4v) is 2.89. The molecule has 23 heavy (non-hydrogen) atoms. The average molecular weight is 319 g/mol. The lowest BCUT2D eigenvalue weighted by Crippen LogP contribution is -2.03. The van der Waals surface area contributed by atoms with Gasteiger partial charge in [0.1, 0.15) is 11.4 Å². The molecule has 0 saturated carbocycles. The summed E-state index contributed by atoms with van der Waals surface area (Å²) in [7, 11) is 1.66. The van der Waals surface area contributed by atoms with Gasteiger partial charge < -0.3 is 4.74 Å². The molecule has 0 aliphatic rings. The molecule has 0 aliphatic heterocycles. The molecule has 0 fully saturated rings. The van der Waals surface area contributed by atoms with Crippen LogP contribution >= 0.6 is 12.2 Å². The first-order chi connectivity index (χ1) is 11.3. The number of nitrogens with zero attached hydrogens (tertiary/aromatic N) is 3. The van der Waals surface area contributed by atoms with Gasteiger partial charge in [-0.15, -0.1) is 0 Å². The molecule has 4 rings (SSSR count). The fraction of sp³-hybridized carbons (Fsp3) is 0.0556. The normalized spacial score (nSPS) is 11.0. The van der Waals surface area contributed by atoms with Crippen molar-refractivity contribution in [2.24, 2.45) is 0 Å². The number of para-hydroxylation sites is 1. The lowest BCUT2D eigenvalue weighted by molar-refractivity contribution is 0.415. The van der Waals surface area contributed by atoms with Crippen LogP contribution in [0.3, 0.4) is 0 Å². The van der Waals surface area contributed by atoms with Gasteiger partial charge in [-0.05, 0) is 48.6 Å². The third kappa shape index (κ3) is 2.35. The van der Waals surface area contributed by atoms with Crippen LogP contribution in [0.25, 0.3) is 27.6 Å². The van der Waals surface area contributed by atoms with Crippen LogP contribution in [0.4, 0.5) is 0 Å². The number of hydrogen-bond donors (Lipinski definition) is 0. The molecule has 2 aromatic heterocycles. The molecular weight excluding hydrogens is 306 g/mol. The van der Waals surface area contributed by atoms with Crippen molar-refractivity contribution in [3.8, 4) is 11.4 Å². The van der Waals surface area contributed by atoms with Crippen LogP contribution in [-0.2, 0) is 0 Å². The van der Waals surface area contributed by atoms with Gasteiger partial charge in [0.15, 0.2) is 0 Å². The summed E-state index contributed by atoms with van der Waals surface area (Å²) < 4.78 is 7.67. The quantitative estimate of drug-likeness (QED) is 0.408. The van der Waals surface area contributed by atoms with Crippen molar-refractivity contribution in [2.75, 3.05) is 7.11 Å². The van der Waals surface area contributed by atoms with Crippen LogP contribution < -0.4 is 4.74 Å². The van der Waals surface area contributed by atoms with E-state index in [1.54, 1.807) is 13.3 Å². The Kier molecular flexibility index (Phi) is 3.28. The Bertz CT molecular complexity index is 1070. The number of fused-ring (bicyclic) bond motifs is 2. The summed E-state index contributed by atoms with van der Waals surface area (Å²) >= 11 is 5.42. The summed E-state index contributed by atoms with van der Waals surface area (Å²) in [4.78, 5) is 9.13. The predicted octanol–water partition coefficient (Wildman–Crippen LogP) is 4.31. The second-order valence-corrected chi connectivity index (χ2v) is 5.54. The van der Waals surface area contributed by atoms with Crippen molar-refractivity contribution in [3.05, 3.63) is 65.6 Å². The van der Waals surface area contributed by atoms with E-state index in [1.165, 1.54) is 0 Å². The van der Waals surface area contributed by atoms with Crippen LogP contribution in [0.15, 0.2) is 60.8 Å². The first-order valence-electron chi connectivity index (χ1n) is 7.18. The zero-order chi connectivity index (χ0) is 15.8. The summed E-state index contributed by atoms with van der Waals surface area (Å²) in [6.07, 6.45) is 1.77. The number of rotatable bonds is 2. The summed E-state index contributed by atoms with van der Waals surface area (Å²) in [5, 5.41) is 1.94. The molecule has 0 unspecified atom stereocenters. The SMILES string of the molecule is COc1ccc2nc3c(cnc(=S)n3-c3ccccc3)cc2c1. The highest BCUT2D eigenvalue weighted by Crippen LogP contribution is 2.24. The topological polar surface area (TPSA) is 39.9 Å². The van der Waals surface area contributed by atoms with E-state index < -0.39 is 0 Å². The van der Waals surface area contributed by atoms with Gasteiger partial charge in [-0.25, -0.2) is 9.97 Å². The Morgan fingerprint density at radius 3 is 2.61 bits per heavy atom. The third-order valence-corrected chi connectivity index (χ3v) is 4.05. The summed E-state index contributed by atoms with van der Waals surface area (Å²) in [5.41, 5.74) is 2.65. The molecule has 0 spiro atoms. The minimum absolute atomic E-state index is 0.490. The molecule has 0 N–H and O–H groups in total. The van der Waals surface area contributed by atoms with Crippen LogP contribution in [0.1, 0.15) is 0 Å². The maximum absolute atomic E-state index is 5.42. The number of aromatic nitrogens is 3. The fourth-order valence-electron chi connectivity index (χ4n) is 2.64. The standard InChI is InChI=1S/C18H13N3OS/c1-22-15-7-8-16-12(10-15)9-13-11-19-18(23)21(17(13)20-16)14-5-3-2-4-6-14/h2-11H,1H3. The Morgan fingerprint density at radius 2 is 1.83 bits per heavy atom. The lowest BCUT2D eigenvalue weighted by Gasteiger charge is -2.11. The zero-order valence-electron chi connectivity index (χ0n) is 12.4. The van der Waals surface area contributed by atoms with E-state index in [0.717, 1.165) is 33.4 Å². The van der Waals surface area contributed by atoms with E-state index in [-0.39, 0.29) is 0 Å². The van der Waals surface area contributed by atoms with Crippen LogP contribution in [0.5, 0.6) is 5.75 Å². The van der Waals surface area contributed by atoms with Gasteiger partial charge in [-0.1, -0.05) is 18.2 Å². The Balaban J connectivity index is 2.09. The van der Waals surface area contributed by atoms with E-state index in [2.05, 4.69) is 11.1 Å². The van der Waals surface area contributed by atoms with Crippen molar-refractivity contribution >= 4 is 34.2 Å². The highest BCUT2D eigenvalue weighted by atomic mass is 32.1. The minimum Gasteiger partial charge on any atom is -0.497 e. The number of benzene rings is 2. The molecular formula is C18H13N3OS. The van der Waals surface area contributed by atoms with Gasteiger partial charge in [0.05, 0.1) is 12.6 Å². The smallest absolute Gasteiger partial charge is 0.205 e. The van der Waals surface area contributed by atoms with Gasteiger partial charge in [0, 0.05) is 22.7 Å². The molecule has 2 heterocycles. The van der Waals surface area contributed by atoms with E-state index in [0.29, 0.717) is 4.77 Å². The average Bonchev–Trinajstić information content (AvgIpc) is 2.60. The molecule has 0 aliphatic carbocycles. The molecule has 0 bridgehead atoms. The molecule has 4 aromatic rings.